The van der Waals surface area contributed by atoms with E-state index in [1.54, 1.807) is 0 Å². The lowest BCUT2D eigenvalue weighted by Crippen LogP contribution is -2.36. The Labute approximate surface area is 141 Å². The zero-order chi connectivity index (χ0) is 16.4. The van der Waals surface area contributed by atoms with Gasteiger partial charge in [-0.15, -0.1) is 0 Å². The fourth-order valence-electron chi connectivity index (χ4n) is 3.13. The van der Waals surface area contributed by atoms with Crippen LogP contribution in [0.15, 0.2) is 48.5 Å². The number of nitrogens with one attached hydrogen (secondary N) is 1. The van der Waals surface area contributed by atoms with Gasteiger partial charge in [0.05, 0.1) is 13.2 Å². The molecular formula is C19H20N2O3. The van der Waals surface area contributed by atoms with Gasteiger partial charge in [-0.3, -0.25) is 4.79 Å². The highest BCUT2D eigenvalue weighted by atomic mass is 16.5. The number of hydrogen-bond donors (Lipinski definition) is 1. The maximum absolute atomic E-state index is 12.4. The van der Waals surface area contributed by atoms with Gasteiger partial charge in [-0.05, 0) is 35.9 Å². The summed E-state index contributed by atoms with van der Waals surface area (Å²) < 4.78 is 11.1. The van der Waals surface area contributed by atoms with Crippen molar-refractivity contribution in [2.45, 2.75) is 12.5 Å². The Hall–Kier alpha value is -2.53. The van der Waals surface area contributed by atoms with Crippen molar-refractivity contribution in [2.75, 3.05) is 36.5 Å². The Balaban J connectivity index is 1.38. The Morgan fingerprint density at radius 1 is 1.04 bits per heavy atom. The van der Waals surface area contributed by atoms with Gasteiger partial charge < -0.3 is 19.7 Å². The third-order valence-electron chi connectivity index (χ3n) is 4.45. The van der Waals surface area contributed by atoms with Gasteiger partial charge in [-0.2, -0.15) is 0 Å². The first kappa shape index (κ1) is 15.0. The highest BCUT2D eigenvalue weighted by Crippen LogP contribution is 2.29. The van der Waals surface area contributed by atoms with E-state index in [1.165, 1.54) is 0 Å². The number of benzene rings is 2. The zero-order valence-electron chi connectivity index (χ0n) is 13.4. The average molecular weight is 324 g/mol. The van der Waals surface area contributed by atoms with Crippen molar-refractivity contribution < 1.29 is 14.3 Å². The van der Waals surface area contributed by atoms with E-state index in [1.807, 2.05) is 48.5 Å². The number of fused-ring (bicyclic) bond motifs is 1. The van der Waals surface area contributed by atoms with Gasteiger partial charge in [0.25, 0.3) is 5.91 Å². The van der Waals surface area contributed by atoms with Crippen molar-refractivity contribution in [3.63, 3.8) is 0 Å². The molecule has 2 aromatic carbocycles. The van der Waals surface area contributed by atoms with Gasteiger partial charge in [0.2, 0.25) is 0 Å². The highest BCUT2D eigenvalue weighted by Gasteiger charge is 2.28. The number of carbonyl (C=O) groups is 1. The third-order valence-corrected chi connectivity index (χ3v) is 4.45. The molecule has 2 heterocycles. The van der Waals surface area contributed by atoms with Crippen LogP contribution in [0.1, 0.15) is 5.56 Å². The third kappa shape index (κ3) is 3.08. The van der Waals surface area contributed by atoms with Crippen LogP contribution in [-0.2, 0) is 16.0 Å². The highest BCUT2D eigenvalue weighted by molar-refractivity contribution is 5.95. The second kappa shape index (κ2) is 6.53. The Morgan fingerprint density at radius 2 is 1.79 bits per heavy atom. The van der Waals surface area contributed by atoms with Crippen LogP contribution >= 0.6 is 0 Å². The van der Waals surface area contributed by atoms with Crippen LogP contribution in [0, 0.1) is 0 Å². The number of carbonyl (C=O) groups excluding carboxylic acids is 1. The molecule has 0 aromatic heterocycles. The van der Waals surface area contributed by atoms with Crippen molar-refractivity contribution >= 4 is 17.3 Å². The topological polar surface area (TPSA) is 50.8 Å². The molecule has 1 fully saturated rings. The summed E-state index contributed by atoms with van der Waals surface area (Å²) in [6.07, 6.45) is 0.162. The summed E-state index contributed by atoms with van der Waals surface area (Å²) in [5.41, 5.74) is 3.03. The minimum absolute atomic E-state index is 0.106. The predicted molar refractivity (Wildman–Crippen MR) is 92.7 cm³/mol. The fraction of sp³-hybridized carbons (Fsp3) is 0.316. The van der Waals surface area contributed by atoms with Gasteiger partial charge in [-0.1, -0.05) is 18.2 Å². The molecule has 4 rings (SSSR count). The fourth-order valence-corrected chi connectivity index (χ4v) is 3.13. The molecule has 1 saturated heterocycles. The van der Waals surface area contributed by atoms with E-state index in [0.29, 0.717) is 6.42 Å². The van der Waals surface area contributed by atoms with Gasteiger partial charge in [-0.25, -0.2) is 0 Å². The second-order valence-corrected chi connectivity index (χ2v) is 6.05. The van der Waals surface area contributed by atoms with Crippen LogP contribution in [0.5, 0.6) is 5.75 Å². The summed E-state index contributed by atoms with van der Waals surface area (Å²) in [7, 11) is 0. The number of rotatable bonds is 3. The maximum atomic E-state index is 12.4. The van der Waals surface area contributed by atoms with Crippen molar-refractivity contribution in [2.24, 2.45) is 0 Å². The van der Waals surface area contributed by atoms with Gasteiger partial charge >= 0.3 is 0 Å². The Bertz CT molecular complexity index is 699. The van der Waals surface area contributed by atoms with Crippen LogP contribution in [0.3, 0.4) is 0 Å². The van der Waals surface area contributed by atoms with Gasteiger partial charge in [0.1, 0.15) is 5.75 Å². The van der Waals surface area contributed by atoms with E-state index >= 15 is 0 Å². The molecule has 5 nitrogen and oxygen atoms in total. The molecule has 2 aliphatic heterocycles. The summed E-state index contributed by atoms with van der Waals surface area (Å²) in [5.74, 6) is 0.700. The first-order valence-corrected chi connectivity index (χ1v) is 8.28. The van der Waals surface area contributed by atoms with Crippen molar-refractivity contribution in [3.8, 4) is 5.75 Å². The molecule has 0 bridgehead atoms. The molecule has 0 aliphatic carbocycles. The maximum Gasteiger partial charge on any atom is 0.265 e. The van der Waals surface area contributed by atoms with Crippen LogP contribution in [-0.4, -0.2) is 38.3 Å². The van der Waals surface area contributed by atoms with Crippen molar-refractivity contribution in [3.05, 3.63) is 54.1 Å². The summed E-state index contributed by atoms with van der Waals surface area (Å²) in [6, 6.07) is 15.7. The van der Waals surface area contributed by atoms with Crippen molar-refractivity contribution in [1.29, 1.82) is 0 Å². The molecule has 1 N–H and O–H groups in total. The van der Waals surface area contributed by atoms with E-state index < -0.39 is 6.10 Å². The van der Waals surface area contributed by atoms with E-state index in [0.717, 1.165) is 49.0 Å². The average Bonchev–Trinajstić information content (AvgIpc) is 3.07. The summed E-state index contributed by atoms with van der Waals surface area (Å²) >= 11 is 0. The first-order chi connectivity index (χ1) is 11.8. The molecule has 1 unspecified atom stereocenters. The minimum atomic E-state index is -0.457. The number of amides is 1. The molecule has 24 heavy (non-hydrogen) atoms. The number of morpholine rings is 1. The predicted octanol–water partition coefficient (Wildman–Crippen LogP) is 2.47. The summed E-state index contributed by atoms with van der Waals surface area (Å²) in [6.45, 7) is 3.33. The lowest BCUT2D eigenvalue weighted by atomic mass is 10.1. The molecule has 0 radical (unpaired) electrons. The monoisotopic (exact) mass is 324 g/mol. The number of nitrogens with zero attached hydrogens (tertiary/aromatic N) is 1. The SMILES string of the molecule is O=C(Nc1ccc(N2CCOCC2)cc1)C1Cc2ccccc2O1. The lowest BCUT2D eigenvalue weighted by Gasteiger charge is -2.28. The molecule has 2 aliphatic rings. The molecule has 0 saturated carbocycles. The molecule has 2 aromatic rings. The number of para-hydroxylation sites is 1. The van der Waals surface area contributed by atoms with Crippen LogP contribution in [0.25, 0.3) is 0 Å². The Kier molecular flexibility index (Phi) is 4.09. The normalized spacial score (nSPS) is 19.5. The largest absolute Gasteiger partial charge is 0.480 e. The zero-order valence-corrected chi connectivity index (χ0v) is 13.4. The van der Waals surface area contributed by atoms with Crippen molar-refractivity contribution in [1.82, 2.24) is 0 Å². The van der Waals surface area contributed by atoms with E-state index in [4.69, 9.17) is 9.47 Å². The second-order valence-electron chi connectivity index (χ2n) is 6.05. The molecule has 124 valence electrons. The van der Waals surface area contributed by atoms with Crippen LogP contribution in [0.4, 0.5) is 11.4 Å². The van der Waals surface area contributed by atoms with E-state index in [9.17, 15) is 4.79 Å². The summed E-state index contributed by atoms with van der Waals surface area (Å²) in [4.78, 5) is 14.7. The molecule has 5 heteroatoms. The van der Waals surface area contributed by atoms with E-state index in [-0.39, 0.29) is 5.91 Å². The quantitative estimate of drug-likeness (QED) is 0.942. The first-order valence-electron chi connectivity index (χ1n) is 8.28. The lowest BCUT2D eigenvalue weighted by molar-refractivity contribution is -0.122. The minimum Gasteiger partial charge on any atom is -0.480 e. The van der Waals surface area contributed by atoms with Gasteiger partial charge in [0, 0.05) is 30.9 Å². The smallest absolute Gasteiger partial charge is 0.265 e. The van der Waals surface area contributed by atoms with Crippen LogP contribution < -0.4 is 15.0 Å². The molecule has 1 atom stereocenters. The van der Waals surface area contributed by atoms with Gasteiger partial charge in [0.15, 0.2) is 6.10 Å². The Morgan fingerprint density at radius 3 is 2.54 bits per heavy atom. The molecule has 1 amide bonds. The van der Waals surface area contributed by atoms with Crippen LogP contribution in [0.2, 0.25) is 0 Å². The number of ether oxygens (including phenoxy) is 2. The summed E-state index contributed by atoms with van der Waals surface area (Å²) in [5, 5.41) is 2.94. The molecule has 0 spiro atoms. The number of anilines is 2. The standard InChI is InChI=1S/C19H20N2O3/c22-19(18-13-14-3-1-2-4-17(14)24-18)20-15-5-7-16(8-6-15)21-9-11-23-12-10-21/h1-8,18H,9-13H2,(H,20,22). The van der Waals surface area contributed by atoms with E-state index in [2.05, 4.69) is 10.2 Å². The molecular weight excluding hydrogens is 304 g/mol. The number of hydrogen-bond acceptors (Lipinski definition) is 4.